The quantitative estimate of drug-likeness (QED) is 0.481. The zero-order chi connectivity index (χ0) is 17.1. The lowest BCUT2D eigenvalue weighted by Gasteiger charge is -2.22. The van der Waals surface area contributed by atoms with Gasteiger partial charge < -0.3 is 26.7 Å². The van der Waals surface area contributed by atoms with Gasteiger partial charge in [0.15, 0.2) is 5.78 Å². The highest BCUT2D eigenvalue weighted by Crippen LogP contribution is 2.29. The number of benzene rings is 1. The molecule has 0 aliphatic carbocycles. The van der Waals surface area contributed by atoms with E-state index in [1.165, 1.54) is 6.20 Å². The summed E-state index contributed by atoms with van der Waals surface area (Å²) < 4.78 is 0. The van der Waals surface area contributed by atoms with E-state index < -0.39 is 42.1 Å². The van der Waals surface area contributed by atoms with Crippen LogP contribution < -0.4 is 11.5 Å². The summed E-state index contributed by atoms with van der Waals surface area (Å²) in [6, 6.07) is 4.15. The molecule has 0 saturated heterocycles. The highest BCUT2D eigenvalue weighted by molar-refractivity contribution is 6.00. The van der Waals surface area contributed by atoms with Crippen LogP contribution in [-0.2, 0) is 14.4 Å². The van der Waals surface area contributed by atoms with Gasteiger partial charge in [-0.25, -0.2) is 0 Å². The summed E-state index contributed by atoms with van der Waals surface area (Å²) in [5, 5.41) is 18.6. The Bertz CT molecular complexity index is 754. The van der Waals surface area contributed by atoms with E-state index in [4.69, 9.17) is 16.6 Å². The minimum Gasteiger partial charge on any atom is -0.481 e. The molecular weight excluding hydrogens is 302 g/mol. The van der Waals surface area contributed by atoms with Crippen molar-refractivity contribution in [2.75, 3.05) is 0 Å². The number of rotatable bonds is 7. The molecule has 0 radical (unpaired) electrons. The standard InChI is InChI=1S/C15H17N3O5/c16-9(5-11(19)20)14(21)12(13(17)15(22)23)8-6-18-10-4-2-1-3-7(8)10/h1-4,6,9,12-13,18H,5,16-17H2,(H,19,20)(H,22,23)/t9-,12?,13-/m0/s1. The second kappa shape index (κ2) is 6.59. The summed E-state index contributed by atoms with van der Waals surface area (Å²) in [5.41, 5.74) is 12.4. The van der Waals surface area contributed by atoms with Crippen molar-refractivity contribution in [3.63, 3.8) is 0 Å². The number of hydrogen-bond acceptors (Lipinski definition) is 5. The third-order valence-electron chi connectivity index (χ3n) is 3.67. The highest BCUT2D eigenvalue weighted by atomic mass is 16.4. The molecule has 1 aromatic carbocycles. The second-order valence-electron chi connectivity index (χ2n) is 5.24. The summed E-state index contributed by atoms with van der Waals surface area (Å²) in [5.74, 6) is -4.56. The van der Waals surface area contributed by atoms with E-state index in [-0.39, 0.29) is 0 Å². The maximum Gasteiger partial charge on any atom is 0.321 e. The predicted octanol–water partition coefficient (Wildman–Crippen LogP) is 0.0345. The van der Waals surface area contributed by atoms with Crippen molar-refractivity contribution < 1.29 is 24.6 Å². The zero-order valence-electron chi connectivity index (χ0n) is 12.1. The Morgan fingerprint density at radius 1 is 1.13 bits per heavy atom. The first-order valence-corrected chi connectivity index (χ1v) is 6.88. The Hall–Kier alpha value is -2.71. The average Bonchev–Trinajstić information content (AvgIpc) is 2.90. The van der Waals surface area contributed by atoms with Gasteiger partial charge in [0.2, 0.25) is 0 Å². The SMILES string of the molecule is N[C@H](C(=O)O)C(C(=O)[C@@H](N)CC(=O)O)c1c[nH]c2ccccc12. The van der Waals surface area contributed by atoms with E-state index in [0.29, 0.717) is 16.5 Å². The molecule has 122 valence electrons. The van der Waals surface area contributed by atoms with Gasteiger partial charge in [-0.15, -0.1) is 0 Å². The van der Waals surface area contributed by atoms with Gasteiger partial charge in [0.05, 0.1) is 18.4 Å². The molecule has 0 saturated carbocycles. The molecule has 0 aliphatic rings. The molecule has 1 unspecified atom stereocenters. The Labute approximate surface area is 131 Å². The molecule has 23 heavy (non-hydrogen) atoms. The van der Waals surface area contributed by atoms with Gasteiger partial charge in [0.1, 0.15) is 6.04 Å². The number of aromatic amines is 1. The summed E-state index contributed by atoms with van der Waals surface area (Å²) in [6.07, 6.45) is 0.910. The van der Waals surface area contributed by atoms with Gasteiger partial charge in [-0.1, -0.05) is 18.2 Å². The lowest BCUT2D eigenvalue weighted by atomic mass is 9.84. The number of aliphatic carboxylic acids is 2. The number of nitrogens with one attached hydrogen (secondary N) is 1. The number of Topliss-reactive ketones (excluding diaryl/α,β-unsaturated/α-hetero) is 1. The van der Waals surface area contributed by atoms with Crippen LogP contribution in [0.4, 0.5) is 0 Å². The first-order valence-electron chi connectivity index (χ1n) is 6.88. The topological polar surface area (TPSA) is 160 Å². The molecule has 2 aromatic rings. The molecule has 0 bridgehead atoms. The van der Waals surface area contributed by atoms with Crippen LogP contribution in [0.1, 0.15) is 17.9 Å². The van der Waals surface area contributed by atoms with Crippen molar-refractivity contribution in [2.24, 2.45) is 11.5 Å². The summed E-state index contributed by atoms with van der Waals surface area (Å²) >= 11 is 0. The van der Waals surface area contributed by atoms with E-state index in [0.717, 1.165) is 0 Å². The van der Waals surface area contributed by atoms with Crippen molar-refractivity contribution in [1.82, 2.24) is 4.98 Å². The molecule has 1 aromatic heterocycles. The number of fused-ring (bicyclic) bond motifs is 1. The molecule has 0 fully saturated rings. The van der Waals surface area contributed by atoms with Gasteiger partial charge in [-0.05, 0) is 11.6 Å². The molecular formula is C15H17N3O5. The van der Waals surface area contributed by atoms with E-state index in [1.807, 2.05) is 0 Å². The van der Waals surface area contributed by atoms with Crippen molar-refractivity contribution in [1.29, 1.82) is 0 Å². The van der Waals surface area contributed by atoms with Crippen LogP contribution in [0, 0.1) is 0 Å². The third kappa shape index (κ3) is 3.38. The lowest BCUT2D eigenvalue weighted by Crippen LogP contribution is -2.46. The number of aromatic nitrogens is 1. The lowest BCUT2D eigenvalue weighted by molar-refractivity contribution is -0.142. The fourth-order valence-corrected chi connectivity index (χ4v) is 2.54. The first-order chi connectivity index (χ1) is 10.8. The number of ketones is 1. The summed E-state index contributed by atoms with van der Waals surface area (Å²) in [7, 11) is 0. The van der Waals surface area contributed by atoms with Crippen molar-refractivity contribution in [3.05, 3.63) is 36.0 Å². The van der Waals surface area contributed by atoms with Crippen molar-refractivity contribution in [3.8, 4) is 0 Å². The van der Waals surface area contributed by atoms with Crippen LogP contribution in [0.15, 0.2) is 30.5 Å². The molecule has 0 spiro atoms. The minimum absolute atomic E-state index is 0.390. The maximum absolute atomic E-state index is 12.5. The normalized spacial score (nSPS) is 15.0. The van der Waals surface area contributed by atoms with E-state index in [9.17, 15) is 19.5 Å². The molecule has 3 atom stereocenters. The maximum atomic E-state index is 12.5. The number of nitrogens with two attached hydrogens (primary N) is 2. The summed E-state index contributed by atoms with van der Waals surface area (Å²) in [6.45, 7) is 0. The number of hydrogen-bond donors (Lipinski definition) is 5. The molecule has 0 amide bonds. The monoisotopic (exact) mass is 319 g/mol. The number of carboxylic acid groups (broad SMARTS) is 2. The molecule has 8 nitrogen and oxygen atoms in total. The van der Waals surface area contributed by atoms with Crippen molar-refractivity contribution in [2.45, 2.75) is 24.4 Å². The Kier molecular flexibility index (Phi) is 4.77. The first kappa shape index (κ1) is 16.7. The fourth-order valence-electron chi connectivity index (χ4n) is 2.54. The number of carbonyl (C=O) groups is 3. The molecule has 2 rings (SSSR count). The van der Waals surface area contributed by atoms with Gasteiger partial charge in [-0.2, -0.15) is 0 Å². The number of carbonyl (C=O) groups excluding carboxylic acids is 1. The molecule has 1 heterocycles. The predicted molar refractivity (Wildman–Crippen MR) is 81.9 cm³/mol. The van der Waals surface area contributed by atoms with Gasteiger partial charge in [-0.3, -0.25) is 14.4 Å². The van der Waals surface area contributed by atoms with E-state index >= 15 is 0 Å². The molecule has 0 aliphatic heterocycles. The van der Waals surface area contributed by atoms with Crippen LogP contribution in [0.25, 0.3) is 10.9 Å². The van der Waals surface area contributed by atoms with Crippen LogP contribution in [0.5, 0.6) is 0 Å². The molecule has 8 heteroatoms. The average molecular weight is 319 g/mol. The number of para-hydroxylation sites is 1. The number of carboxylic acids is 2. The smallest absolute Gasteiger partial charge is 0.321 e. The van der Waals surface area contributed by atoms with Crippen molar-refractivity contribution >= 4 is 28.6 Å². The van der Waals surface area contributed by atoms with Crippen LogP contribution in [-0.4, -0.2) is 45.0 Å². The fraction of sp³-hybridized carbons (Fsp3) is 0.267. The number of H-pyrrole nitrogens is 1. The van der Waals surface area contributed by atoms with Gasteiger partial charge >= 0.3 is 11.9 Å². The summed E-state index contributed by atoms with van der Waals surface area (Å²) in [4.78, 5) is 37.5. The third-order valence-corrected chi connectivity index (χ3v) is 3.67. The molecule has 7 N–H and O–H groups in total. The Balaban J connectivity index is 2.48. The van der Waals surface area contributed by atoms with E-state index in [2.05, 4.69) is 4.98 Å². The van der Waals surface area contributed by atoms with E-state index in [1.54, 1.807) is 24.3 Å². The van der Waals surface area contributed by atoms with Crippen LogP contribution in [0.2, 0.25) is 0 Å². The Morgan fingerprint density at radius 2 is 1.78 bits per heavy atom. The van der Waals surface area contributed by atoms with Gasteiger partial charge in [0.25, 0.3) is 0 Å². The highest BCUT2D eigenvalue weighted by Gasteiger charge is 2.37. The van der Waals surface area contributed by atoms with Crippen LogP contribution >= 0.6 is 0 Å². The Morgan fingerprint density at radius 3 is 2.39 bits per heavy atom. The van der Waals surface area contributed by atoms with Crippen LogP contribution in [0.3, 0.4) is 0 Å². The minimum atomic E-state index is -1.53. The van der Waals surface area contributed by atoms with Gasteiger partial charge in [0, 0.05) is 17.1 Å². The largest absolute Gasteiger partial charge is 0.481 e. The zero-order valence-corrected chi connectivity index (χ0v) is 12.1. The second-order valence-corrected chi connectivity index (χ2v) is 5.24.